The van der Waals surface area contributed by atoms with Crippen molar-refractivity contribution >= 4 is 6.29 Å². The van der Waals surface area contributed by atoms with Crippen LogP contribution in [0.5, 0.6) is 0 Å². The summed E-state index contributed by atoms with van der Waals surface area (Å²) in [7, 11) is 0. The Bertz CT molecular complexity index is 83.3. The van der Waals surface area contributed by atoms with Crippen LogP contribution in [-0.4, -0.2) is 12.3 Å². The Morgan fingerprint density at radius 2 is 2.10 bits per heavy atom. The number of nitrogens with two attached hydrogens (primary N) is 1. The fourth-order valence-electron chi connectivity index (χ4n) is 0.850. The summed E-state index contributed by atoms with van der Waals surface area (Å²) in [5.41, 5.74) is 5.33. The fraction of sp³-hybridized carbons (Fsp3) is 0.875. The first-order valence-corrected chi connectivity index (χ1v) is 3.94. The molecule has 0 fully saturated rings. The van der Waals surface area contributed by atoms with E-state index in [0.717, 1.165) is 12.8 Å². The molecular weight excluding hydrogens is 126 g/mol. The molecule has 0 heterocycles. The van der Waals surface area contributed by atoms with Crippen LogP contribution in [0.1, 0.15) is 39.0 Å². The molecule has 10 heavy (non-hydrogen) atoms. The highest BCUT2D eigenvalue weighted by Crippen LogP contribution is 2.02. The van der Waals surface area contributed by atoms with Crippen molar-refractivity contribution in [2.24, 2.45) is 5.73 Å². The first-order chi connectivity index (χ1) is 4.81. The van der Waals surface area contributed by atoms with E-state index >= 15 is 0 Å². The van der Waals surface area contributed by atoms with Crippen molar-refractivity contribution in [1.82, 2.24) is 0 Å². The van der Waals surface area contributed by atoms with Crippen molar-refractivity contribution in [3.63, 3.8) is 0 Å². The van der Waals surface area contributed by atoms with E-state index in [4.69, 9.17) is 5.73 Å². The highest BCUT2D eigenvalue weighted by Gasteiger charge is 1.98. The summed E-state index contributed by atoms with van der Waals surface area (Å²) in [6.07, 6.45) is 7.27. The van der Waals surface area contributed by atoms with Crippen LogP contribution in [0.25, 0.3) is 0 Å². The third-order valence-corrected chi connectivity index (χ3v) is 1.52. The maximum Gasteiger partial charge on any atom is 0.216 e. The molecule has 59 valence electrons. The normalized spacial score (nSPS) is 13.0. The molecule has 0 aliphatic carbocycles. The second kappa shape index (κ2) is 6.75. The summed E-state index contributed by atoms with van der Waals surface area (Å²) in [5, 5.41) is 0. The second-order valence-corrected chi connectivity index (χ2v) is 2.57. The zero-order chi connectivity index (χ0) is 7.82. The van der Waals surface area contributed by atoms with Crippen LogP contribution in [0.2, 0.25) is 0 Å². The molecule has 1 radical (unpaired) electrons. The first-order valence-electron chi connectivity index (χ1n) is 3.94. The molecule has 1 atom stereocenters. The SMILES string of the molecule is CCCCCCC(N)[C]=O. The molecule has 0 bridgehead atoms. The molecule has 0 aromatic carbocycles. The van der Waals surface area contributed by atoms with Crippen LogP contribution in [0, 0.1) is 0 Å². The lowest BCUT2D eigenvalue weighted by Crippen LogP contribution is -2.20. The van der Waals surface area contributed by atoms with Crippen molar-refractivity contribution in [1.29, 1.82) is 0 Å². The maximum atomic E-state index is 9.92. The smallest absolute Gasteiger partial charge is 0.216 e. The minimum absolute atomic E-state index is 0.350. The number of carbonyl (C=O) groups excluding carboxylic acids is 1. The fourth-order valence-corrected chi connectivity index (χ4v) is 0.850. The number of rotatable bonds is 6. The molecule has 0 aromatic heterocycles. The van der Waals surface area contributed by atoms with Gasteiger partial charge in [0.1, 0.15) is 0 Å². The molecule has 2 nitrogen and oxygen atoms in total. The van der Waals surface area contributed by atoms with Crippen molar-refractivity contribution in [2.45, 2.75) is 45.1 Å². The van der Waals surface area contributed by atoms with Gasteiger partial charge in [0.25, 0.3) is 0 Å². The molecule has 0 amide bonds. The van der Waals surface area contributed by atoms with Gasteiger partial charge in [-0.15, -0.1) is 0 Å². The predicted octanol–water partition coefficient (Wildman–Crippen LogP) is 1.39. The van der Waals surface area contributed by atoms with Gasteiger partial charge in [0.15, 0.2) is 0 Å². The number of hydrogen-bond donors (Lipinski definition) is 1. The van der Waals surface area contributed by atoms with Crippen molar-refractivity contribution in [3.05, 3.63) is 0 Å². The lowest BCUT2D eigenvalue weighted by Gasteiger charge is -2.00. The van der Waals surface area contributed by atoms with Gasteiger partial charge < -0.3 is 5.73 Å². The van der Waals surface area contributed by atoms with Gasteiger partial charge in [-0.05, 0) is 6.42 Å². The van der Waals surface area contributed by atoms with Gasteiger partial charge in [0.2, 0.25) is 6.29 Å². The van der Waals surface area contributed by atoms with Gasteiger partial charge in [-0.2, -0.15) is 0 Å². The average molecular weight is 142 g/mol. The van der Waals surface area contributed by atoms with Gasteiger partial charge in [0.05, 0.1) is 6.04 Å². The van der Waals surface area contributed by atoms with Gasteiger partial charge in [-0.1, -0.05) is 32.6 Å². The van der Waals surface area contributed by atoms with Crippen molar-refractivity contribution in [3.8, 4) is 0 Å². The van der Waals surface area contributed by atoms with E-state index in [0.29, 0.717) is 0 Å². The Kier molecular flexibility index (Phi) is 6.50. The van der Waals surface area contributed by atoms with E-state index in [1.165, 1.54) is 19.3 Å². The predicted molar refractivity (Wildman–Crippen MR) is 42.4 cm³/mol. The van der Waals surface area contributed by atoms with Crippen LogP contribution in [-0.2, 0) is 4.79 Å². The first kappa shape index (κ1) is 9.63. The van der Waals surface area contributed by atoms with Gasteiger partial charge in [-0.3, -0.25) is 4.79 Å². The van der Waals surface area contributed by atoms with Crippen LogP contribution < -0.4 is 5.73 Å². The molecule has 1 unspecified atom stereocenters. The highest BCUT2D eigenvalue weighted by molar-refractivity contribution is 5.57. The zero-order valence-corrected chi connectivity index (χ0v) is 6.60. The quantitative estimate of drug-likeness (QED) is 0.569. The van der Waals surface area contributed by atoms with E-state index in [1.54, 1.807) is 6.29 Å². The van der Waals surface area contributed by atoms with Gasteiger partial charge in [0, 0.05) is 0 Å². The summed E-state index contributed by atoms with van der Waals surface area (Å²) in [6, 6.07) is -0.350. The molecule has 0 aliphatic rings. The lowest BCUT2D eigenvalue weighted by atomic mass is 10.1. The Hall–Kier alpha value is -0.370. The van der Waals surface area contributed by atoms with Crippen LogP contribution in [0.15, 0.2) is 0 Å². The summed E-state index contributed by atoms with van der Waals surface area (Å²) in [6.45, 7) is 2.16. The van der Waals surface area contributed by atoms with E-state index in [9.17, 15) is 4.79 Å². The number of hydrogen-bond acceptors (Lipinski definition) is 2. The number of unbranched alkanes of at least 4 members (excludes halogenated alkanes) is 3. The van der Waals surface area contributed by atoms with Crippen molar-refractivity contribution in [2.75, 3.05) is 0 Å². The molecule has 2 N–H and O–H groups in total. The third kappa shape index (κ3) is 5.76. The Labute approximate surface area is 62.8 Å². The molecular formula is C8H16NO. The Balaban J connectivity index is 2.95. The molecule has 0 saturated heterocycles. The van der Waals surface area contributed by atoms with Crippen LogP contribution in [0.4, 0.5) is 0 Å². The molecule has 0 spiro atoms. The molecule has 0 rings (SSSR count). The molecule has 2 heteroatoms. The van der Waals surface area contributed by atoms with Crippen molar-refractivity contribution < 1.29 is 4.79 Å². The maximum absolute atomic E-state index is 9.92. The monoisotopic (exact) mass is 142 g/mol. The van der Waals surface area contributed by atoms with Crippen LogP contribution >= 0.6 is 0 Å². The van der Waals surface area contributed by atoms with E-state index < -0.39 is 0 Å². The average Bonchev–Trinajstić information content (AvgIpc) is 1.98. The minimum Gasteiger partial charge on any atom is -0.321 e. The van der Waals surface area contributed by atoms with Crippen LogP contribution in [0.3, 0.4) is 0 Å². The second-order valence-electron chi connectivity index (χ2n) is 2.57. The molecule has 0 aromatic rings. The van der Waals surface area contributed by atoms with Gasteiger partial charge >= 0.3 is 0 Å². The largest absolute Gasteiger partial charge is 0.321 e. The Morgan fingerprint density at radius 1 is 1.40 bits per heavy atom. The summed E-state index contributed by atoms with van der Waals surface area (Å²) >= 11 is 0. The molecule has 0 aliphatic heterocycles. The summed E-state index contributed by atoms with van der Waals surface area (Å²) in [4.78, 5) is 9.92. The van der Waals surface area contributed by atoms with Gasteiger partial charge in [-0.25, -0.2) is 0 Å². The highest BCUT2D eigenvalue weighted by atomic mass is 16.1. The topological polar surface area (TPSA) is 43.1 Å². The summed E-state index contributed by atoms with van der Waals surface area (Å²) in [5.74, 6) is 0. The minimum atomic E-state index is -0.350. The molecule has 0 saturated carbocycles. The third-order valence-electron chi connectivity index (χ3n) is 1.52. The zero-order valence-electron chi connectivity index (χ0n) is 6.60. The van der Waals surface area contributed by atoms with E-state index in [-0.39, 0.29) is 6.04 Å². The summed E-state index contributed by atoms with van der Waals surface area (Å²) < 4.78 is 0. The Morgan fingerprint density at radius 3 is 2.60 bits per heavy atom. The lowest BCUT2D eigenvalue weighted by molar-refractivity contribution is 0.526. The standard InChI is InChI=1S/C8H16NO/c1-2-3-4-5-6-8(9)7-10/h8H,2-6,9H2,1H3. The van der Waals surface area contributed by atoms with E-state index in [2.05, 4.69) is 6.92 Å². The van der Waals surface area contributed by atoms with E-state index in [1.807, 2.05) is 0 Å².